The number of thiazole rings is 1. The maximum absolute atomic E-state index is 12.1. The van der Waals surface area contributed by atoms with Crippen molar-refractivity contribution in [3.8, 4) is 0 Å². The summed E-state index contributed by atoms with van der Waals surface area (Å²) in [5.74, 6) is 0.601. The molecule has 7 heteroatoms. The number of thioether (sulfide) groups is 1. The highest BCUT2D eigenvalue weighted by molar-refractivity contribution is 7.98. The summed E-state index contributed by atoms with van der Waals surface area (Å²) in [6, 6.07) is 9.63. The zero-order chi connectivity index (χ0) is 16.5. The van der Waals surface area contributed by atoms with E-state index in [0.29, 0.717) is 12.3 Å². The van der Waals surface area contributed by atoms with Crippen LogP contribution in [0.4, 0.5) is 0 Å². The van der Waals surface area contributed by atoms with Gasteiger partial charge in [0.2, 0.25) is 0 Å². The van der Waals surface area contributed by atoms with Gasteiger partial charge in [0.25, 0.3) is 5.56 Å². The van der Waals surface area contributed by atoms with Crippen molar-refractivity contribution < 1.29 is 0 Å². The van der Waals surface area contributed by atoms with Crippen molar-refractivity contribution >= 4 is 39.1 Å². The Morgan fingerprint density at radius 2 is 2.17 bits per heavy atom. The molecule has 0 spiro atoms. The molecule has 0 aliphatic carbocycles. The summed E-state index contributed by atoms with van der Waals surface area (Å²) in [6.45, 7) is 4.53. The Balaban J connectivity index is 1.67. The topological polar surface area (TPSA) is 52.2 Å². The van der Waals surface area contributed by atoms with Crippen molar-refractivity contribution in [1.82, 2.24) is 18.9 Å². The van der Waals surface area contributed by atoms with Crippen LogP contribution in [0.15, 0.2) is 64.5 Å². The zero-order valence-corrected chi connectivity index (χ0v) is 14.4. The zero-order valence-electron chi connectivity index (χ0n) is 12.8. The molecule has 0 saturated heterocycles. The lowest BCUT2D eigenvalue weighted by Gasteiger charge is -2.05. The van der Waals surface area contributed by atoms with Crippen LogP contribution in [0.1, 0.15) is 5.69 Å². The summed E-state index contributed by atoms with van der Waals surface area (Å²) in [5.41, 5.74) is 2.77. The van der Waals surface area contributed by atoms with Crippen molar-refractivity contribution in [3.05, 3.63) is 70.6 Å². The third kappa shape index (κ3) is 2.65. The first-order chi connectivity index (χ1) is 11.8. The first-order valence-electron chi connectivity index (χ1n) is 7.41. The van der Waals surface area contributed by atoms with E-state index in [9.17, 15) is 4.79 Å². The number of rotatable bonds is 5. The fourth-order valence-electron chi connectivity index (χ4n) is 2.57. The highest BCUT2D eigenvalue weighted by Crippen LogP contribution is 2.26. The van der Waals surface area contributed by atoms with Crippen LogP contribution in [-0.2, 0) is 12.3 Å². The predicted molar refractivity (Wildman–Crippen MR) is 98.8 cm³/mol. The number of aromatic nitrogens is 4. The Bertz CT molecular complexity index is 1090. The van der Waals surface area contributed by atoms with Crippen molar-refractivity contribution in [3.63, 3.8) is 0 Å². The van der Waals surface area contributed by atoms with Gasteiger partial charge in [0, 0.05) is 29.9 Å². The van der Waals surface area contributed by atoms with Crippen LogP contribution < -0.4 is 5.56 Å². The van der Waals surface area contributed by atoms with E-state index in [1.165, 1.54) is 11.3 Å². The Kier molecular flexibility index (Phi) is 3.95. The number of para-hydroxylation sites is 2. The normalized spacial score (nSPS) is 11.3. The quantitative estimate of drug-likeness (QED) is 0.406. The van der Waals surface area contributed by atoms with Gasteiger partial charge in [-0.2, -0.15) is 0 Å². The second-order valence-electron chi connectivity index (χ2n) is 5.21. The van der Waals surface area contributed by atoms with Crippen LogP contribution >= 0.6 is 23.1 Å². The highest BCUT2D eigenvalue weighted by atomic mass is 32.2. The summed E-state index contributed by atoms with van der Waals surface area (Å²) < 4.78 is 3.69. The molecule has 1 aromatic carbocycles. The molecule has 4 rings (SSSR count). The average Bonchev–Trinajstić information content (AvgIpc) is 3.19. The fourth-order valence-corrected chi connectivity index (χ4v) is 4.22. The Hall–Kier alpha value is -2.38. The molecular formula is C17H14N4OS2. The van der Waals surface area contributed by atoms with Gasteiger partial charge >= 0.3 is 0 Å². The summed E-state index contributed by atoms with van der Waals surface area (Å²) in [5, 5.41) is 2.77. The van der Waals surface area contributed by atoms with Gasteiger partial charge in [-0.3, -0.25) is 9.20 Å². The van der Waals surface area contributed by atoms with E-state index >= 15 is 0 Å². The Labute approximate surface area is 146 Å². The molecule has 0 saturated carbocycles. The first kappa shape index (κ1) is 15.2. The van der Waals surface area contributed by atoms with Crippen LogP contribution in [0.5, 0.6) is 0 Å². The van der Waals surface area contributed by atoms with Crippen molar-refractivity contribution in [2.24, 2.45) is 0 Å². The Morgan fingerprint density at radius 1 is 1.29 bits per heavy atom. The number of allylic oxidation sites excluding steroid dienone is 1. The van der Waals surface area contributed by atoms with Gasteiger partial charge in [0.15, 0.2) is 10.1 Å². The SMILES string of the molecule is C=CCn1c(SCc2cc(=O)n3ccsc3n2)nc2ccccc21. The Morgan fingerprint density at radius 3 is 3.04 bits per heavy atom. The first-order valence-corrected chi connectivity index (χ1v) is 9.27. The second-order valence-corrected chi connectivity index (χ2v) is 7.03. The van der Waals surface area contributed by atoms with Crippen molar-refractivity contribution in [2.75, 3.05) is 0 Å². The molecule has 0 unspecified atom stereocenters. The molecule has 0 N–H and O–H groups in total. The van der Waals surface area contributed by atoms with E-state index in [1.807, 2.05) is 29.7 Å². The third-order valence-corrected chi connectivity index (χ3v) is 5.40. The molecule has 0 aliphatic heterocycles. The smallest absolute Gasteiger partial charge is 0.258 e. The predicted octanol–water partition coefficient (Wildman–Crippen LogP) is 3.58. The van der Waals surface area contributed by atoms with E-state index < -0.39 is 0 Å². The van der Waals surface area contributed by atoms with E-state index in [1.54, 1.807) is 28.4 Å². The fraction of sp³-hybridized carbons (Fsp3) is 0.118. The van der Waals surface area contributed by atoms with Crippen LogP contribution in [0.3, 0.4) is 0 Å². The largest absolute Gasteiger partial charge is 0.315 e. The number of benzene rings is 1. The molecule has 3 aromatic heterocycles. The minimum atomic E-state index is -0.0450. The van der Waals surface area contributed by atoms with E-state index in [-0.39, 0.29) is 5.56 Å². The van der Waals surface area contributed by atoms with Gasteiger partial charge in [0.1, 0.15) is 0 Å². The molecule has 0 radical (unpaired) electrons. The molecule has 24 heavy (non-hydrogen) atoms. The molecule has 0 fully saturated rings. The summed E-state index contributed by atoms with van der Waals surface area (Å²) in [6.07, 6.45) is 3.61. The molecule has 0 aliphatic rings. The second kappa shape index (κ2) is 6.26. The molecule has 4 aromatic rings. The molecule has 5 nitrogen and oxygen atoms in total. The lowest BCUT2D eigenvalue weighted by Crippen LogP contribution is -2.12. The maximum atomic E-state index is 12.1. The van der Waals surface area contributed by atoms with Gasteiger partial charge in [0.05, 0.1) is 16.7 Å². The van der Waals surface area contributed by atoms with Crippen molar-refractivity contribution in [1.29, 1.82) is 0 Å². The van der Waals surface area contributed by atoms with E-state index in [4.69, 9.17) is 4.98 Å². The molecule has 0 bridgehead atoms. The number of hydrogen-bond donors (Lipinski definition) is 0. The minimum absolute atomic E-state index is 0.0450. The van der Waals surface area contributed by atoms with Crippen molar-refractivity contribution in [2.45, 2.75) is 17.5 Å². The molecule has 0 amide bonds. The molecule has 3 heterocycles. The van der Waals surface area contributed by atoms with Crippen LogP contribution in [0.25, 0.3) is 16.0 Å². The number of imidazole rings is 1. The third-order valence-electron chi connectivity index (χ3n) is 3.64. The monoisotopic (exact) mass is 354 g/mol. The van der Waals surface area contributed by atoms with E-state index in [2.05, 4.69) is 22.2 Å². The lowest BCUT2D eigenvalue weighted by molar-refractivity contribution is 0.748. The number of nitrogens with zero attached hydrogens (tertiary/aromatic N) is 4. The number of fused-ring (bicyclic) bond motifs is 2. The van der Waals surface area contributed by atoms with Gasteiger partial charge < -0.3 is 4.57 Å². The van der Waals surface area contributed by atoms with Gasteiger partial charge in [-0.15, -0.1) is 17.9 Å². The average molecular weight is 354 g/mol. The molecular weight excluding hydrogens is 340 g/mol. The summed E-state index contributed by atoms with van der Waals surface area (Å²) in [4.78, 5) is 22.0. The van der Waals surface area contributed by atoms with Crippen LogP contribution in [0, 0.1) is 0 Å². The van der Waals surface area contributed by atoms with Crippen LogP contribution in [-0.4, -0.2) is 18.9 Å². The maximum Gasteiger partial charge on any atom is 0.258 e. The number of hydrogen-bond acceptors (Lipinski definition) is 5. The minimum Gasteiger partial charge on any atom is -0.315 e. The highest BCUT2D eigenvalue weighted by Gasteiger charge is 2.11. The molecule has 120 valence electrons. The van der Waals surface area contributed by atoms with Gasteiger partial charge in [-0.05, 0) is 12.1 Å². The summed E-state index contributed by atoms with van der Waals surface area (Å²) >= 11 is 3.04. The summed E-state index contributed by atoms with van der Waals surface area (Å²) in [7, 11) is 0. The van der Waals surface area contributed by atoms with Gasteiger partial charge in [-0.25, -0.2) is 9.97 Å². The van der Waals surface area contributed by atoms with Gasteiger partial charge in [-0.1, -0.05) is 30.0 Å². The molecule has 0 atom stereocenters. The standard InChI is InChI=1S/C17H14N4OS2/c1-2-7-20-14-6-4-3-5-13(14)19-17(20)24-11-12-10-15(22)21-8-9-23-16(21)18-12/h2-6,8-10H,1,7,11H2. The van der Waals surface area contributed by atoms with Crippen LogP contribution in [0.2, 0.25) is 0 Å². The van der Waals surface area contributed by atoms with E-state index in [0.717, 1.165) is 26.8 Å². The lowest BCUT2D eigenvalue weighted by atomic mass is 10.3.